The minimum atomic E-state index is -5.13. The Hall–Kier alpha value is -3.64. The Labute approximate surface area is 258 Å². The minimum Gasteiger partial charge on any atom is -0.456 e. The Balaban J connectivity index is 1.82. The number of alkyl halides is 6. The molecule has 6 nitrogen and oxygen atoms in total. The molecule has 1 aliphatic rings. The summed E-state index contributed by atoms with van der Waals surface area (Å²) in [7, 11) is 1.56. The zero-order valence-electron chi connectivity index (χ0n) is 25.7. The summed E-state index contributed by atoms with van der Waals surface area (Å²) >= 11 is 0. The highest BCUT2D eigenvalue weighted by Gasteiger charge is 2.65. The maximum atomic E-state index is 14.3. The molecule has 5 atom stereocenters. The van der Waals surface area contributed by atoms with Crippen LogP contribution in [0, 0.1) is 11.3 Å². The normalized spacial score (nSPS) is 22.1. The monoisotopic (exact) mass is 642 g/mol. The Morgan fingerprint density at radius 2 is 1.27 bits per heavy atom. The van der Waals surface area contributed by atoms with Gasteiger partial charge >= 0.3 is 24.3 Å². The second kappa shape index (κ2) is 13.4. The predicted octanol–water partition coefficient (Wildman–Crippen LogP) is 7.59. The van der Waals surface area contributed by atoms with E-state index in [0.717, 1.165) is 38.5 Å². The molecule has 0 radical (unpaired) electrons. The molecule has 0 spiro atoms. The number of hydrogen-bond acceptors (Lipinski definition) is 6. The molecular weight excluding hydrogens is 606 g/mol. The first-order valence-corrected chi connectivity index (χ1v) is 14.0. The van der Waals surface area contributed by atoms with Crippen molar-refractivity contribution in [3.63, 3.8) is 0 Å². The number of esters is 2. The number of carbonyl (C=O) groups is 2. The number of halogens is 6. The van der Waals surface area contributed by atoms with Crippen molar-refractivity contribution < 1.29 is 54.9 Å². The summed E-state index contributed by atoms with van der Waals surface area (Å²) in [4.78, 5) is 26.1. The molecule has 0 N–H and O–H groups in total. The van der Waals surface area contributed by atoms with E-state index in [0.29, 0.717) is 5.57 Å². The van der Waals surface area contributed by atoms with E-state index >= 15 is 0 Å². The predicted molar refractivity (Wildman–Crippen MR) is 153 cm³/mol. The molecule has 1 aliphatic carbocycles. The third kappa shape index (κ3) is 6.96. The van der Waals surface area contributed by atoms with Crippen LogP contribution in [-0.4, -0.2) is 50.7 Å². The molecule has 0 heterocycles. The highest BCUT2D eigenvalue weighted by molar-refractivity contribution is 5.83. The number of allylic oxidation sites excluding steroid dienone is 2. The Bertz CT molecular complexity index is 1390. The average Bonchev–Trinajstić information content (AvgIpc) is 2.93. The Morgan fingerprint density at radius 3 is 1.67 bits per heavy atom. The zero-order valence-corrected chi connectivity index (χ0v) is 25.7. The van der Waals surface area contributed by atoms with Gasteiger partial charge in [-0.05, 0) is 37.8 Å². The van der Waals surface area contributed by atoms with Gasteiger partial charge in [0, 0.05) is 31.3 Å². The van der Waals surface area contributed by atoms with Crippen molar-refractivity contribution >= 4 is 11.9 Å². The van der Waals surface area contributed by atoms with Gasteiger partial charge in [-0.1, -0.05) is 86.2 Å². The van der Waals surface area contributed by atoms with Crippen molar-refractivity contribution in [1.82, 2.24) is 0 Å². The van der Waals surface area contributed by atoms with Crippen molar-refractivity contribution in [1.29, 1.82) is 0 Å². The van der Waals surface area contributed by atoms with Crippen LogP contribution in [0.25, 0.3) is 0 Å². The fraction of sp³-hybridized carbons (Fsp3) is 0.455. The van der Waals surface area contributed by atoms with Crippen LogP contribution >= 0.6 is 0 Å². The van der Waals surface area contributed by atoms with Crippen molar-refractivity contribution in [3.05, 3.63) is 95.6 Å². The summed E-state index contributed by atoms with van der Waals surface area (Å²) in [5.74, 6) is -3.65. The number of benzene rings is 2. The number of hydrogen-bond donors (Lipinski definition) is 0. The van der Waals surface area contributed by atoms with Gasteiger partial charge in [-0.15, -0.1) is 0 Å². The average molecular weight is 643 g/mol. The molecule has 12 heteroatoms. The first-order valence-electron chi connectivity index (χ1n) is 14.0. The van der Waals surface area contributed by atoms with E-state index in [2.05, 4.69) is 0 Å². The van der Waals surface area contributed by atoms with E-state index in [-0.39, 0.29) is 12.3 Å². The highest BCUT2D eigenvalue weighted by atomic mass is 19.4. The van der Waals surface area contributed by atoms with Crippen LogP contribution in [0.3, 0.4) is 0 Å². The van der Waals surface area contributed by atoms with Crippen molar-refractivity contribution in [2.24, 2.45) is 11.3 Å². The first-order chi connectivity index (χ1) is 20.9. The lowest BCUT2D eigenvalue weighted by molar-refractivity contribution is -0.278. The topological polar surface area (TPSA) is 71.1 Å². The largest absolute Gasteiger partial charge is 0.456 e. The van der Waals surface area contributed by atoms with Crippen LogP contribution in [0.15, 0.2) is 84.5 Å². The molecule has 0 aromatic heterocycles. The van der Waals surface area contributed by atoms with E-state index in [4.69, 9.17) is 18.9 Å². The molecule has 2 aromatic carbocycles. The van der Waals surface area contributed by atoms with Gasteiger partial charge in [0.25, 0.3) is 11.2 Å². The lowest BCUT2D eigenvalue weighted by Crippen LogP contribution is -2.53. The van der Waals surface area contributed by atoms with Gasteiger partial charge in [0.05, 0.1) is 0 Å². The standard InChI is InChI=1S/C33H36F6O6/c1-21-19-25(45-28(41)31(43-6,33(37,38)39)24-15-11-8-12-16-24)20-29(3,4)26(21)18-17-22(2)44-27(40)30(42-5,32(34,35)36)23-13-9-7-10-14-23/h7-19,22,25-26H,20H2,1-6H3/b18-17+/t22-,25+,26+,30+,31+/m1/s1. The lowest BCUT2D eigenvalue weighted by atomic mass is 9.67. The molecule has 0 saturated heterocycles. The van der Waals surface area contributed by atoms with Gasteiger partial charge < -0.3 is 18.9 Å². The van der Waals surface area contributed by atoms with Gasteiger partial charge in [-0.25, -0.2) is 9.59 Å². The van der Waals surface area contributed by atoms with Crippen LogP contribution in [0.2, 0.25) is 0 Å². The Morgan fingerprint density at radius 1 is 0.822 bits per heavy atom. The second-order valence-corrected chi connectivity index (χ2v) is 11.5. The summed E-state index contributed by atoms with van der Waals surface area (Å²) in [6.45, 7) is 6.68. The molecule has 246 valence electrons. The smallest absolute Gasteiger partial charge is 0.432 e. The molecule has 0 bridgehead atoms. The van der Waals surface area contributed by atoms with E-state index in [9.17, 15) is 35.9 Å². The molecule has 0 fully saturated rings. The van der Waals surface area contributed by atoms with Crippen LogP contribution < -0.4 is 0 Å². The molecule has 0 aliphatic heterocycles. The van der Waals surface area contributed by atoms with Crippen molar-refractivity contribution in [3.8, 4) is 0 Å². The molecule has 3 rings (SSSR count). The number of carbonyl (C=O) groups excluding carboxylic acids is 2. The third-order valence-corrected chi connectivity index (χ3v) is 7.98. The molecule has 45 heavy (non-hydrogen) atoms. The summed E-state index contributed by atoms with van der Waals surface area (Å²) in [5, 5.41) is 0. The van der Waals surface area contributed by atoms with E-state index in [1.165, 1.54) is 55.5 Å². The van der Waals surface area contributed by atoms with E-state index in [1.807, 2.05) is 0 Å². The van der Waals surface area contributed by atoms with Crippen molar-refractivity contribution in [2.75, 3.05) is 14.2 Å². The Kier molecular flexibility index (Phi) is 10.7. The third-order valence-electron chi connectivity index (χ3n) is 7.98. The lowest BCUT2D eigenvalue weighted by Gasteiger charge is -2.41. The molecule has 0 amide bonds. The van der Waals surface area contributed by atoms with E-state index in [1.54, 1.807) is 26.8 Å². The SMILES string of the molecule is CO[C@](C(=O)O[C@H](C)/C=C/[C@H]1C(C)=C[C@H](OC(=O)[C@@](OC)(c2ccccc2)C(F)(F)F)CC1(C)C)(c1ccccc1)C(F)(F)F. The fourth-order valence-corrected chi connectivity index (χ4v) is 5.76. The van der Waals surface area contributed by atoms with Gasteiger partial charge in [0.1, 0.15) is 12.2 Å². The van der Waals surface area contributed by atoms with E-state index < -0.39 is 64.2 Å². The van der Waals surface area contributed by atoms with Crippen LogP contribution in [0.4, 0.5) is 26.3 Å². The summed E-state index contributed by atoms with van der Waals surface area (Å²) in [6.07, 6.45) is -7.71. The second-order valence-electron chi connectivity index (χ2n) is 11.5. The van der Waals surface area contributed by atoms with Crippen LogP contribution in [0.5, 0.6) is 0 Å². The van der Waals surface area contributed by atoms with Gasteiger partial charge in [-0.3, -0.25) is 0 Å². The fourth-order valence-electron chi connectivity index (χ4n) is 5.76. The zero-order chi connectivity index (χ0) is 33.8. The summed E-state index contributed by atoms with van der Waals surface area (Å²) in [6, 6.07) is 12.9. The van der Waals surface area contributed by atoms with Crippen LogP contribution in [0.1, 0.15) is 45.2 Å². The number of methoxy groups -OCH3 is 2. The van der Waals surface area contributed by atoms with Gasteiger partial charge in [0.2, 0.25) is 0 Å². The quantitative estimate of drug-likeness (QED) is 0.151. The highest BCUT2D eigenvalue weighted by Crippen LogP contribution is 2.47. The summed E-state index contributed by atoms with van der Waals surface area (Å²) < 4.78 is 106. The number of rotatable bonds is 10. The summed E-state index contributed by atoms with van der Waals surface area (Å²) in [5.41, 5.74) is -7.63. The molecule has 0 unspecified atom stereocenters. The molecular formula is C33H36F6O6. The molecule has 2 aromatic rings. The minimum absolute atomic E-state index is 0.112. The van der Waals surface area contributed by atoms with Gasteiger partial charge in [0.15, 0.2) is 0 Å². The number of ether oxygens (including phenoxy) is 4. The van der Waals surface area contributed by atoms with Crippen LogP contribution in [-0.2, 0) is 39.7 Å². The van der Waals surface area contributed by atoms with Crippen molar-refractivity contribution in [2.45, 2.75) is 69.9 Å². The maximum Gasteiger partial charge on any atom is 0.432 e. The maximum absolute atomic E-state index is 14.3. The molecule has 0 saturated carbocycles. The first kappa shape index (κ1) is 35.8. The van der Waals surface area contributed by atoms with Gasteiger partial charge in [-0.2, -0.15) is 26.3 Å².